The van der Waals surface area contributed by atoms with E-state index in [1.165, 1.54) is 5.56 Å². The fourth-order valence-corrected chi connectivity index (χ4v) is 2.75. The molecule has 1 aromatic carbocycles. The quantitative estimate of drug-likeness (QED) is 0.362. The summed E-state index contributed by atoms with van der Waals surface area (Å²) >= 11 is 0. The van der Waals surface area contributed by atoms with E-state index in [9.17, 15) is 4.79 Å². The Bertz CT molecular complexity index is 622. The highest BCUT2D eigenvalue weighted by atomic mass is 16.5. The maximum Gasteiger partial charge on any atom is 0.219 e. The van der Waals surface area contributed by atoms with E-state index in [-0.39, 0.29) is 17.1 Å². The first kappa shape index (κ1) is 25.3. The van der Waals surface area contributed by atoms with Gasteiger partial charge in [0.25, 0.3) is 0 Å². The highest BCUT2D eigenvalue weighted by Crippen LogP contribution is 2.32. The van der Waals surface area contributed by atoms with Crippen molar-refractivity contribution in [3.8, 4) is 11.5 Å². The van der Waals surface area contributed by atoms with Crippen LogP contribution < -0.4 is 14.8 Å². The summed E-state index contributed by atoms with van der Waals surface area (Å²) in [5.41, 5.74) is 0.779. The lowest BCUT2D eigenvalue weighted by Gasteiger charge is -2.29. The summed E-state index contributed by atoms with van der Waals surface area (Å²) in [6, 6.07) is 6.21. The molecule has 4 heteroatoms. The van der Waals surface area contributed by atoms with Crippen LogP contribution >= 0.6 is 0 Å². The molecular weight excluding hydrogens is 362 g/mol. The zero-order chi connectivity index (χ0) is 21.9. The number of carbonyl (C=O) groups is 1. The predicted molar refractivity (Wildman–Crippen MR) is 122 cm³/mol. The van der Waals surface area contributed by atoms with E-state index in [1.807, 2.05) is 12.1 Å². The van der Waals surface area contributed by atoms with Crippen molar-refractivity contribution in [2.24, 2.45) is 0 Å². The second-order valence-electron chi connectivity index (χ2n) is 9.11. The molecule has 0 aliphatic rings. The zero-order valence-electron chi connectivity index (χ0n) is 19.8. The SMILES string of the molecule is CCCCC(=O)NCCCCc1ccc(OC(C)(C)CC)cc1OC(C)(C)CC. The average molecular weight is 406 g/mol. The van der Waals surface area contributed by atoms with E-state index in [0.29, 0.717) is 6.42 Å². The van der Waals surface area contributed by atoms with E-state index in [0.717, 1.165) is 63.0 Å². The Morgan fingerprint density at radius 1 is 0.931 bits per heavy atom. The van der Waals surface area contributed by atoms with Gasteiger partial charge in [0, 0.05) is 19.0 Å². The Kier molecular flexibility index (Phi) is 10.6. The molecule has 0 spiro atoms. The normalized spacial score (nSPS) is 12.0. The summed E-state index contributed by atoms with van der Waals surface area (Å²) in [5, 5.41) is 3.02. The van der Waals surface area contributed by atoms with Crippen LogP contribution in [0.25, 0.3) is 0 Å². The summed E-state index contributed by atoms with van der Waals surface area (Å²) in [6.45, 7) is 15.6. The van der Waals surface area contributed by atoms with Crippen molar-refractivity contribution in [2.75, 3.05) is 6.54 Å². The Balaban J connectivity index is 2.73. The van der Waals surface area contributed by atoms with Gasteiger partial charge in [-0.15, -0.1) is 0 Å². The molecule has 1 aromatic rings. The van der Waals surface area contributed by atoms with Gasteiger partial charge in [0.2, 0.25) is 5.91 Å². The van der Waals surface area contributed by atoms with E-state index in [2.05, 4.69) is 59.8 Å². The number of benzene rings is 1. The smallest absolute Gasteiger partial charge is 0.219 e. The van der Waals surface area contributed by atoms with E-state index < -0.39 is 0 Å². The lowest BCUT2D eigenvalue weighted by molar-refractivity contribution is -0.121. The average Bonchev–Trinajstić information content (AvgIpc) is 2.67. The lowest BCUT2D eigenvalue weighted by atomic mass is 10.0. The van der Waals surface area contributed by atoms with Gasteiger partial charge in [-0.05, 0) is 77.8 Å². The van der Waals surface area contributed by atoms with Crippen molar-refractivity contribution in [3.05, 3.63) is 23.8 Å². The molecule has 4 nitrogen and oxygen atoms in total. The van der Waals surface area contributed by atoms with Crippen molar-refractivity contribution >= 4 is 5.91 Å². The minimum absolute atomic E-state index is 0.167. The van der Waals surface area contributed by atoms with E-state index >= 15 is 0 Å². The number of rotatable bonds is 14. The van der Waals surface area contributed by atoms with Crippen molar-refractivity contribution in [2.45, 2.75) is 111 Å². The van der Waals surface area contributed by atoms with Gasteiger partial charge in [0.1, 0.15) is 22.7 Å². The number of carbonyl (C=O) groups excluding carboxylic acids is 1. The Morgan fingerprint density at radius 3 is 2.21 bits per heavy atom. The number of nitrogens with one attached hydrogen (secondary N) is 1. The number of hydrogen-bond donors (Lipinski definition) is 1. The van der Waals surface area contributed by atoms with Gasteiger partial charge in [0.05, 0.1) is 0 Å². The second-order valence-corrected chi connectivity index (χ2v) is 9.11. The van der Waals surface area contributed by atoms with Gasteiger partial charge < -0.3 is 14.8 Å². The summed E-state index contributed by atoms with van der Waals surface area (Å²) in [6.07, 6.45) is 7.43. The second kappa shape index (κ2) is 12.1. The van der Waals surface area contributed by atoms with Crippen LogP contribution in [0.2, 0.25) is 0 Å². The molecule has 29 heavy (non-hydrogen) atoms. The van der Waals surface area contributed by atoms with Crippen molar-refractivity contribution in [1.29, 1.82) is 0 Å². The maximum absolute atomic E-state index is 11.7. The number of hydrogen-bond acceptors (Lipinski definition) is 3. The Labute approximate surface area is 178 Å². The summed E-state index contributed by atoms with van der Waals surface area (Å²) in [5.74, 6) is 1.93. The van der Waals surface area contributed by atoms with Gasteiger partial charge >= 0.3 is 0 Å². The topological polar surface area (TPSA) is 47.6 Å². The third-order valence-electron chi connectivity index (χ3n) is 5.47. The molecule has 166 valence electrons. The van der Waals surface area contributed by atoms with Gasteiger partial charge in [-0.1, -0.05) is 33.3 Å². The van der Waals surface area contributed by atoms with Crippen LogP contribution in [0.3, 0.4) is 0 Å². The van der Waals surface area contributed by atoms with Crippen LogP contribution in [-0.4, -0.2) is 23.7 Å². The molecule has 0 saturated heterocycles. The number of amides is 1. The summed E-state index contributed by atoms with van der Waals surface area (Å²) in [4.78, 5) is 11.7. The molecule has 0 aliphatic carbocycles. The molecule has 1 N–H and O–H groups in total. The maximum atomic E-state index is 11.7. The molecule has 0 fully saturated rings. The monoisotopic (exact) mass is 405 g/mol. The molecule has 0 atom stereocenters. The zero-order valence-corrected chi connectivity index (χ0v) is 19.8. The van der Waals surface area contributed by atoms with Gasteiger partial charge in [-0.25, -0.2) is 0 Å². The molecule has 0 heterocycles. The predicted octanol–water partition coefficient (Wildman–Crippen LogP) is 6.45. The fourth-order valence-electron chi connectivity index (χ4n) is 2.75. The largest absolute Gasteiger partial charge is 0.488 e. The summed E-state index contributed by atoms with van der Waals surface area (Å²) < 4.78 is 12.5. The van der Waals surface area contributed by atoms with Crippen LogP contribution in [0.5, 0.6) is 11.5 Å². The first-order valence-corrected chi connectivity index (χ1v) is 11.4. The van der Waals surface area contributed by atoms with Crippen molar-refractivity contribution < 1.29 is 14.3 Å². The van der Waals surface area contributed by atoms with Crippen LogP contribution in [0.1, 0.15) is 99.0 Å². The van der Waals surface area contributed by atoms with Crippen molar-refractivity contribution in [1.82, 2.24) is 5.32 Å². The molecule has 0 unspecified atom stereocenters. The molecule has 0 aromatic heterocycles. The lowest BCUT2D eigenvalue weighted by Crippen LogP contribution is -2.28. The van der Waals surface area contributed by atoms with Gasteiger partial charge in [0.15, 0.2) is 0 Å². The molecule has 0 bridgehead atoms. The van der Waals surface area contributed by atoms with Crippen LogP contribution in [0.15, 0.2) is 18.2 Å². The highest BCUT2D eigenvalue weighted by Gasteiger charge is 2.21. The van der Waals surface area contributed by atoms with Crippen molar-refractivity contribution in [3.63, 3.8) is 0 Å². The molecule has 0 aliphatic heterocycles. The first-order valence-electron chi connectivity index (χ1n) is 11.4. The van der Waals surface area contributed by atoms with Gasteiger partial charge in [-0.2, -0.15) is 0 Å². The molecule has 1 amide bonds. The first-order chi connectivity index (χ1) is 13.6. The minimum atomic E-state index is -0.221. The van der Waals surface area contributed by atoms with Crippen LogP contribution in [0.4, 0.5) is 0 Å². The fraction of sp³-hybridized carbons (Fsp3) is 0.720. The van der Waals surface area contributed by atoms with Crippen LogP contribution in [0, 0.1) is 0 Å². The van der Waals surface area contributed by atoms with E-state index in [1.54, 1.807) is 0 Å². The molecular formula is C25H43NO3. The number of ether oxygens (including phenoxy) is 2. The van der Waals surface area contributed by atoms with Gasteiger partial charge in [-0.3, -0.25) is 4.79 Å². The number of unbranched alkanes of at least 4 members (excludes halogenated alkanes) is 2. The standard InChI is InChI=1S/C25H43NO3/c1-8-11-15-23(27)26-18-13-12-14-20-16-17-21(28-24(4,5)9-2)19-22(20)29-25(6,7)10-3/h16-17,19H,8-15,18H2,1-7H3,(H,26,27). The highest BCUT2D eigenvalue weighted by molar-refractivity contribution is 5.75. The third-order valence-corrected chi connectivity index (χ3v) is 5.47. The molecule has 0 radical (unpaired) electrons. The Morgan fingerprint density at radius 2 is 1.59 bits per heavy atom. The van der Waals surface area contributed by atoms with E-state index in [4.69, 9.17) is 9.47 Å². The minimum Gasteiger partial charge on any atom is -0.488 e. The number of aryl methyl sites for hydroxylation is 1. The van der Waals surface area contributed by atoms with Crippen LogP contribution in [-0.2, 0) is 11.2 Å². The molecule has 1 rings (SSSR count). The Hall–Kier alpha value is -1.71. The third kappa shape index (κ3) is 10.0. The summed E-state index contributed by atoms with van der Waals surface area (Å²) in [7, 11) is 0. The molecule has 0 saturated carbocycles.